The number of esters is 1. The topological polar surface area (TPSA) is 64.6 Å². The van der Waals surface area contributed by atoms with Crippen LogP contribution in [0.4, 0.5) is 0 Å². The van der Waals surface area contributed by atoms with E-state index in [9.17, 15) is 9.59 Å². The minimum atomic E-state index is -0.538. The predicted molar refractivity (Wildman–Crippen MR) is 78.1 cm³/mol. The van der Waals surface area contributed by atoms with Crippen LogP contribution in [0.1, 0.15) is 32.8 Å². The average molecular weight is 291 g/mol. The first-order valence-electron chi connectivity index (χ1n) is 7.05. The predicted octanol–water partition coefficient (Wildman–Crippen LogP) is 1.79. The number of rotatable bonds is 4. The van der Waals surface area contributed by atoms with Crippen molar-refractivity contribution < 1.29 is 19.1 Å². The summed E-state index contributed by atoms with van der Waals surface area (Å²) in [5.41, 5.74) is 1.28. The number of nitrogens with one attached hydrogen (secondary N) is 1. The summed E-state index contributed by atoms with van der Waals surface area (Å²) in [5.74, 6) is -0.0659. The molecule has 0 aromatic heterocycles. The van der Waals surface area contributed by atoms with Crippen molar-refractivity contribution in [2.45, 2.75) is 38.6 Å². The van der Waals surface area contributed by atoms with Crippen LogP contribution in [-0.2, 0) is 19.7 Å². The highest BCUT2D eigenvalue weighted by Gasteiger charge is 2.27. The molecule has 1 unspecified atom stereocenters. The van der Waals surface area contributed by atoms with E-state index in [4.69, 9.17) is 9.47 Å². The summed E-state index contributed by atoms with van der Waals surface area (Å²) in [6.07, 6.45) is 0.519. The molecule has 1 amide bonds. The van der Waals surface area contributed by atoms with Gasteiger partial charge in [0.05, 0.1) is 6.61 Å². The van der Waals surface area contributed by atoms with E-state index < -0.39 is 6.04 Å². The lowest BCUT2D eigenvalue weighted by Crippen LogP contribution is -2.40. The fourth-order valence-corrected chi connectivity index (χ4v) is 2.06. The minimum Gasteiger partial charge on any atom is -0.484 e. The van der Waals surface area contributed by atoms with E-state index >= 15 is 0 Å². The van der Waals surface area contributed by atoms with Gasteiger partial charge in [0.15, 0.2) is 6.61 Å². The maximum atomic E-state index is 11.7. The Balaban J connectivity index is 1.82. The zero-order valence-corrected chi connectivity index (χ0v) is 12.6. The zero-order chi connectivity index (χ0) is 15.5. The summed E-state index contributed by atoms with van der Waals surface area (Å²) in [5, 5.41) is 2.60. The highest BCUT2D eigenvalue weighted by molar-refractivity contribution is 5.86. The van der Waals surface area contributed by atoms with Crippen LogP contribution in [0.5, 0.6) is 5.75 Å². The van der Waals surface area contributed by atoms with Crippen molar-refractivity contribution in [3.63, 3.8) is 0 Å². The molecule has 1 aliphatic rings. The van der Waals surface area contributed by atoms with Crippen molar-refractivity contribution in [1.82, 2.24) is 5.32 Å². The molecule has 0 saturated carbocycles. The van der Waals surface area contributed by atoms with E-state index in [1.165, 1.54) is 5.56 Å². The molecule has 0 aliphatic carbocycles. The van der Waals surface area contributed by atoms with Gasteiger partial charge in [0, 0.05) is 6.42 Å². The number of amides is 1. The van der Waals surface area contributed by atoms with Gasteiger partial charge in [-0.25, -0.2) is 4.79 Å². The van der Waals surface area contributed by atoms with Crippen LogP contribution in [0.3, 0.4) is 0 Å². The van der Waals surface area contributed by atoms with Crippen LogP contribution >= 0.6 is 0 Å². The van der Waals surface area contributed by atoms with Crippen LogP contribution in [0.15, 0.2) is 24.3 Å². The second-order valence-electron chi connectivity index (χ2n) is 6.14. The summed E-state index contributed by atoms with van der Waals surface area (Å²) >= 11 is 0. The molecule has 1 aromatic carbocycles. The molecular formula is C16H21NO4. The monoisotopic (exact) mass is 291 g/mol. The number of hydrogen-bond acceptors (Lipinski definition) is 4. The van der Waals surface area contributed by atoms with E-state index in [1.807, 2.05) is 24.3 Å². The van der Waals surface area contributed by atoms with Gasteiger partial charge in [-0.1, -0.05) is 32.9 Å². The first-order valence-corrected chi connectivity index (χ1v) is 7.05. The molecule has 1 saturated heterocycles. The van der Waals surface area contributed by atoms with E-state index in [0.717, 1.165) is 0 Å². The Hall–Kier alpha value is -2.04. The molecule has 2 rings (SSSR count). The number of carbonyl (C=O) groups excluding carboxylic acids is 2. The van der Waals surface area contributed by atoms with Gasteiger partial charge in [-0.05, 0) is 23.1 Å². The van der Waals surface area contributed by atoms with Gasteiger partial charge in [0.2, 0.25) is 0 Å². The lowest BCUT2D eigenvalue weighted by molar-refractivity contribution is -0.141. The Bertz CT molecular complexity index is 516. The summed E-state index contributed by atoms with van der Waals surface area (Å²) in [6, 6.07) is 7.13. The third kappa shape index (κ3) is 4.21. The quantitative estimate of drug-likeness (QED) is 0.859. The molecule has 0 radical (unpaired) electrons. The molecule has 21 heavy (non-hydrogen) atoms. The van der Waals surface area contributed by atoms with E-state index in [-0.39, 0.29) is 23.9 Å². The molecule has 1 atom stereocenters. The number of carbonyl (C=O) groups is 2. The summed E-state index contributed by atoms with van der Waals surface area (Å²) in [7, 11) is 0. The van der Waals surface area contributed by atoms with Gasteiger partial charge in [0.1, 0.15) is 11.8 Å². The lowest BCUT2D eigenvalue weighted by Gasteiger charge is -2.19. The van der Waals surface area contributed by atoms with Gasteiger partial charge in [-0.15, -0.1) is 0 Å². The lowest BCUT2D eigenvalue weighted by atomic mass is 9.87. The van der Waals surface area contributed by atoms with Crippen LogP contribution in [0, 0.1) is 0 Å². The largest absolute Gasteiger partial charge is 0.484 e. The number of benzene rings is 1. The van der Waals surface area contributed by atoms with Gasteiger partial charge in [-0.3, -0.25) is 4.79 Å². The molecule has 1 N–H and O–H groups in total. The molecule has 114 valence electrons. The Morgan fingerprint density at radius 3 is 2.52 bits per heavy atom. The van der Waals surface area contributed by atoms with Gasteiger partial charge in [-0.2, -0.15) is 0 Å². The van der Waals surface area contributed by atoms with Crippen molar-refractivity contribution in [2.75, 3.05) is 13.2 Å². The maximum Gasteiger partial charge on any atom is 0.328 e. The SMILES string of the molecule is CC(C)(C)c1ccc(OCC(=O)NC2CCOC2=O)cc1. The summed E-state index contributed by atoms with van der Waals surface area (Å²) in [6.45, 7) is 6.66. The van der Waals surface area contributed by atoms with Crippen molar-refractivity contribution in [2.24, 2.45) is 0 Å². The molecule has 5 heteroatoms. The fourth-order valence-electron chi connectivity index (χ4n) is 2.06. The second kappa shape index (κ2) is 6.16. The van der Waals surface area contributed by atoms with E-state index in [2.05, 4.69) is 26.1 Å². The summed E-state index contributed by atoms with van der Waals surface area (Å²) in [4.78, 5) is 22.9. The van der Waals surface area contributed by atoms with Crippen LogP contribution in [0.25, 0.3) is 0 Å². The molecule has 0 spiro atoms. The van der Waals surface area contributed by atoms with Crippen LogP contribution in [0.2, 0.25) is 0 Å². The number of ether oxygens (including phenoxy) is 2. The highest BCUT2D eigenvalue weighted by Crippen LogP contribution is 2.24. The molecule has 5 nitrogen and oxygen atoms in total. The van der Waals surface area contributed by atoms with Gasteiger partial charge < -0.3 is 14.8 Å². The first kappa shape index (κ1) is 15.4. The number of hydrogen-bond donors (Lipinski definition) is 1. The fraction of sp³-hybridized carbons (Fsp3) is 0.500. The van der Waals surface area contributed by atoms with Crippen molar-refractivity contribution in [1.29, 1.82) is 0 Å². The molecule has 0 bridgehead atoms. The van der Waals surface area contributed by atoms with Gasteiger partial charge >= 0.3 is 5.97 Å². The van der Waals surface area contributed by atoms with Crippen molar-refractivity contribution in [3.8, 4) is 5.75 Å². The average Bonchev–Trinajstić information content (AvgIpc) is 2.81. The number of cyclic esters (lactones) is 1. The zero-order valence-electron chi connectivity index (χ0n) is 12.6. The molecule has 1 heterocycles. The Morgan fingerprint density at radius 1 is 1.33 bits per heavy atom. The van der Waals surface area contributed by atoms with Crippen molar-refractivity contribution in [3.05, 3.63) is 29.8 Å². The summed E-state index contributed by atoms with van der Waals surface area (Å²) < 4.78 is 10.2. The van der Waals surface area contributed by atoms with E-state index in [1.54, 1.807) is 0 Å². The highest BCUT2D eigenvalue weighted by atomic mass is 16.5. The molecular weight excluding hydrogens is 270 g/mol. The Kier molecular flexibility index (Phi) is 4.50. The van der Waals surface area contributed by atoms with Crippen LogP contribution < -0.4 is 10.1 Å². The standard InChI is InChI=1S/C16H21NO4/c1-16(2,3)11-4-6-12(7-5-11)21-10-14(18)17-13-8-9-20-15(13)19/h4-7,13H,8-10H2,1-3H3,(H,17,18). The normalized spacial score (nSPS) is 18.2. The van der Waals surface area contributed by atoms with Crippen LogP contribution in [-0.4, -0.2) is 31.1 Å². The smallest absolute Gasteiger partial charge is 0.328 e. The van der Waals surface area contributed by atoms with Gasteiger partial charge in [0.25, 0.3) is 5.91 Å². The molecule has 1 aliphatic heterocycles. The van der Waals surface area contributed by atoms with Crippen molar-refractivity contribution >= 4 is 11.9 Å². The van der Waals surface area contributed by atoms with E-state index in [0.29, 0.717) is 18.8 Å². The maximum absolute atomic E-state index is 11.7. The molecule has 1 fully saturated rings. The third-order valence-corrected chi connectivity index (χ3v) is 3.36. The third-order valence-electron chi connectivity index (χ3n) is 3.36. The minimum absolute atomic E-state index is 0.0821. The molecule has 1 aromatic rings. The second-order valence-corrected chi connectivity index (χ2v) is 6.14. The Morgan fingerprint density at radius 2 is 2.00 bits per heavy atom. The first-order chi connectivity index (χ1) is 9.86. The Labute approximate surface area is 124 Å².